The number of rotatable bonds is 10. The Labute approximate surface area is 326 Å². The molecule has 0 saturated heterocycles. The van der Waals surface area contributed by atoms with Crippen molar-refractivity contribution in [3.8, 4) is 0 Å². The topological polar surface area (TPSA) is 62.0 Å². The summed E-state index contributed by atoms with van der Waals surface area (Å²) in [4.78, 5) is 14.8. The number of hydrogen-bond acceptors (Lipinski definition) is 4. The molecule has 0 fully saturated rings. The van der Waals surface area contributed by atoms with Crippen LogP contribution in [0.2, 0.25) is 0 Å². The van der Waals surface area contributed by atoms with Crippen molar-refractivity contribution >= 4 is 34.2 Å². The first-order valence-electron chi connectivity index (χ1n) is 19.9. The molecule has 1 unspecified atom stereocenters. The predicted molar refractivity (Wildman–Crippen MR) is 224 cm³/mol. The van der Waals surface area contributed by atoms with Gasteiger partial charge in [-0.3, -0.25) is 0 Å². The Morgan fingerprint density at radius 1 is 0.836 bits per heavy atom. The highest BCUT2D eigenvalue weighted by molar-refractivity contribution is 6.09. The first-order chi connectivity index (χ1) is 26.4. The molecular weight excluding hydrogens is 681 g/mol. The minimum absolute atomic E-state index is 0.166. The first-order valence-corrected chi connectivity index (χ1v) is 19.9. The number of anilines is 1. The molecule has 0 spiro atoms. The minimum Gasteiger partial charge on any atom is -0.478 e. The summed E-state index contributed by atoms with van der Waals surface area (Å²) in [7, 11) is 3.53. The fourth-order valence-electron chi connectivity index (χ4n) is 10.1. The Kier molecular flexibility index (Phi) is 9.50. The molecule has 3 aromatic rings. The standard InChI is InChI=1S/C49H54N2O4/c1-30-9-19-40-38(27-30)48(3,4)42(50(40)23-25-54-7)21-16-32-11-13-34-14-12-33(45-37-29-35(47(52)53)15-18-36(37)44(32)46(34)45)17-22-43-49(5,6)39-28-31(2)10-20-41(39)51(43)24-26-55-8/h9-10,15-22,27-29,34H,11-14,23-26H2,1-8H3/p+1. The summed E-state index contributed by atoms with van der Waals surface area (Å²) in [5.74, 6) is -0.445. The summed E-state index contributed by atoms with van der Waals surface area (Å²) in [6.07, 6.45) is 13.6. The van der Waals surface area contributed by atoms with Gasteiger partial charge in [-0.1, -0.05) is 61.4 Å². The van der Waals surface area contributed by atoms with Crippen LogP contribution in [-0.4, -0.2) is 61.9 Å². The second-order valence-corrected chi connectivity index (χ2v) is 17.1. The Hall–Kier alpha value is -4.78. The van der Waals surface area contributed by atoms with Gasteiger partial charge in [0, 0.05) is 55.3 Å². The molecule has 0 aromatic heterocycles. The van der Waals surface area contributed by atoms with Crippen LogP contribution in [0.25, 0.3) is 11.1 Å². The largest absolute Gasteiger partial charge is 0.478 e. The number of carboxylic acid groups (broad SMARTS) is 1. The molecule has 6 heteroatoms. The molecular formula is C49H55N2O4+. The molecule has 0 saturated carbocycles. The molecule has 55 heavy (non-hydrogen) atoms. The molecule has 6 nitrogen and oxygen atoms in total. The molecule has 284 valence electrons. The fraction of sp³-hybridized carbons (Fsp3) is 0.388. The predicted octanol–water partition coefficient (Wildman–Crippen LogP) is 10.3. The number of hydrogen-bond donors (Lipinski definition) is 1. The Balaban J connectivity index is 1.27. The highest BCUT2D eigenvalue weighted by Gasteiger charge is 2.45. The van der Waals surface area contributed by atoms with Crippen LogP contribution in [0.1, 0.15) is 97.1 Å². The summed E-state index contributed by atoms with van der Waals surface area (Å²) in [5.41, 5.74) is 19.1. The van der Waals surface area contributed by atoms with E-state index in [1.165, 1.54) is 72.9 Å². The first kappa shape index (κ1) is 37.2. The van der Waals surface area contributed by atoms with Gasteiger partial charge in [0.25, 0.3) is 0 Å². The van der Waals surface area contributed by atoms with Gasteiger partial charge >= 0.3 is 5.97 Å². The van der Waals surface area contributed by atoms with Crippen LogP contribution in [0.15, 0.2) is 101 Å². The summed E-state index contributed by atoms with van der Waals surface area (Å²) in [6.45, 7) is 16.5. The molecule has 0 radical (unpaired) electrons. The van der Waals surface area contributed by atoms with E-state index >= 15 is 0 Å². The van der Waals surface area contributed by atoms with Gasteiger partial charge in [0.2, 0.25) is 5.69 Å². The van der Waals surface area contributed by atoms with Crippen LogP contribution in [-0.2, 0) is 20.3 Å². The van der Waals surface area contributed by atoms with Crippen LogP contribution in [0.4, 0.5) is 11.4 Å². The van der Waals surface area contributed by atoms with Crippen molar-refractivity contribution in [2.45, 2.75) is 78.1 Å². The third kappa shape index (κ3) is 6.09. The van der Waals surface area contributed by atoms with Gasteiger partial charge in [0.1, 0.15) is 6.61 Å². The van der Waals surface area contributed by atoms with Gasteiger partial charge in [-0.2, -0.15) is 4.58 Å². The lowest BCUT2D eigenvalue weighted by Crippen LogP contribution is -2.29. The lowest BCUT2D eigenvalue weighted by atomic mass is 9.72. The van der Waals surface area contributed by atoms with Crippen molar-refractivity contribution in [1.82, 2.24) is 0 Å². The third-order valence-electron chi connectivity index (χ3n) is 12.9. The van der Waals surface area contributed by atoms with E-state index in [1.807, 2.05) is 6.07 Å². The molecule has 8 rings (SSSR count). The van der Waals surface area contributed by atoms with Gasteiger partial charge in [-0.05, 0) is 134 Å². The van der Waals surface area contributed by atoms with E-state index in [0.29, 0.717) is 24.7 Å². The fourth-order valence-corrected chi connectivity index (χ4v) is 10.1. The quantitative estimate of drug-likeness (QED) is 0.210. The van der Waals surface area contributed by atoms with Crippen molar-refractivity contribution in [2.24, 2.45) is 5.92 Å². The number of aromatic carboxylic acids is 1. The average molecular weight is 736 g/mol. The van der Waals surface area contributed by atoms with E-state index < -0.39 is 5.97 Å². The van der Waals surface area contributed by atoms with Gasteiger partial charge in [0.15, 0.2) is 12.3 Å². The van der Waals surface area contributed by atoms with Crippen LogP contribution in [0, 0.1) is 19.8 Å². The van der Waals surface area contributed by atoms with E-state index in [9.17, 15) is 9.90 Å². The zero-order chi connectivity index (χ0) is 38.8. The number of ether oxygens (including phenoxy) is 2. The summed E-state index contributed by atoms with van der Waals surface area (Å²) in [5, 5.41) is 10.2. The number of fused-ring (bicyclic) bond motifs is 5. The average Bonchev–Trinajstić information content (AvgIpc) is 3.69. The summed E-state index contributed by atoms with van der Waals surface area (Å²) < 4.78 is 13.6. The Morgan fingerprint density at radius 3 is 2.31 bits per heavy atom. The molecule has 2 heterocycles. The number of aryl methyl sites for hydroxylation is 2. The van der Waals surface area contributed by atoms with Crippen LogP contribution >= 0.6 is 0 Å². The zero-order valence-corrected chi connectivity index (χ0v) is 33.8. The number of carboxylic acids is 1. The summed E-state index contributed by atoms with van der Waals surface area (Å²) >= 11 is 0. The van der Waals surface area contributed by atoms with Crippen LogP contribution in [0.5, 0.6) is 0 Å². The van der Waals surface area contributed by atoms with E-state index in [4.69, 9.17) is 9.47 Å². The highest BCUT2D eigenvalue weighted by atomic mass is 16.5. The van der Waals surface area contributed by atoms with E-state index in [-0.39, 0.29) is 10.8 Å². The van der Waals surface area contributed by atoms with Crippen molar-refractivity contribution in [3.05, 3.63) is 140 Å². The van der Waals surface area contributed by atoms with Gasteiger partial charge < -0.3 is 19.5 Å². The molecule has 0 bridgehead atoms. The monoisotopic (exact) mass is 735 g/mol. The Morgan fingerprint density at radius 2 is 1.56 bits per heavy atom. The second kappa shape index (κ2) is 14.1. The maximum Gasteiger partial charge on any atom is 0.335 e. The second-order valence-electron chi connectivity index (χ2n) is 17.1. The van der Waals surface area contributed by atoms with E-state index in [0.717, 1.165) is 49.9 Å². The van der Waals surface area contributed by atoms with Crippen molar-refractivity contribution in [1.29, 1.82) is 0 Å². The van der Waals surface area contributed by atoms with Crippen LogP contribution in [0.3, 0.4) is 0 Å². The van der Waals surface area contributed by atoms with Gasteiger partial charge in [-0.15, -0.1) is 0 Å². The number of allylic oxidation sites excluding steroid dienone is 10. The van der Waals surface area contributed by atoms with Crippen LogP contribution < -0.4 is 4.90 Å². The van der Waals surface area contributed by atoms with E-state index in [1.54, 1.807) is 20.3 Å². The molecule has 1 atom stereocenters. The number of carbonyl (C=O) groups is 1. The number of benzene rings is 3. The molecule has 2 aliphatic heterocycles. The lowest BCUT2D eigenvalue weighted by Gasteiger charge is -2.32. The number of nitrogens with zero attached hydrogens (tertiary/aromatic N) is 2. The normalized spacial score (nSPS) is 22.0. The van der Waals surface area contributed by atoms with E-state index in [2.05, 4.69) is 118 Å². The highest BCUT2D eigenvalue weighted by Crippen LogP contribution is 2.58. The van der Waals surface area contributed by atoms with Gasteiger partial charge in [0.05, 0.1) is 17.6 Å². The molecule has 5 aliphatic rings. The lowest BCUT2D eigenvalue weighted by molar-refractivity contribution is -0.441. The zero-order valence-electron chi connectivity index (χ0n) is 33.8. The SMILES string of the molecule is COCCN1C(=CC=C2CCC3CCC(C=CC4=[N+](CCOC)c5ccc(C)cc5C4(C)C)=C4C3=C2c2ccc(C(=O)O)cc24)C(C)(C)c2cc(C)ccc21. The molecule has 0 amide bonds. The number of methoxy groups -OCH3 is 2. The minimum atomic E-state index is -0.891. The molecule has 1 N–H and O–H groups in total. The van der Waals surface area contributed by atoms with Gasteiger partial charge in [-0.25, -0.2) is 4.79 Å². The van der Waals surface area contributed by atoms with Crippen molar-refractivity contribution in [2.75, 3.05) is 45.4 Å². The third-order valence-corrected chi connectivity index (χ3v) is 12.9. The molecule has 3 aromatic carbocycles. The van der Waals surface area contributed by atoms with Crippen molar-refractivity contribution in [3.63, 3.8) is 0 Å². The summed E-state index contributed by atoms with van der Waals surface area (Å²) in [6, 6.07) is 19.4. The van der Waals surface area contributed by atoms with Crippen molar-refractivity contribution < 1.29 is 24.0 Å². The molecule has 3 aliphatic carbocycles. The Bertz CT molecular complexity index is 2310. The smallest absolute Gasteiger partial charge is 0.335 e. The maximum absolute atomic E-state index is 12.4. The maximum atomic E-state index is 12.4.